The van der Waals surface area contributed by atoms with Crippen molar-refractivity contribution in [3.8, 4) is 5.88 Å². The van der Waals surface area contributed by atoms with E-state index in [4.69, 9.17) is 16.3 Å². The largest absolute Gasteiger partial charge is 0.479 e. The summed E-state index contributed by atoms with van der Waals surface area (Å²) in [7, 11) is 1.58. The van der Waals surface area contributed by atoms with Crippen LogP contribution in [0.4, 0.5) is 0 Å². The Bertz CT molecular complexity index is 567. The lowest BCUT2D eigenvalue weighted by Crippen LogP contribution is -2.11. The average Bonchev–Trinajstić information content (AvgIpc) is 2.75. The van der Waals surface area contributed by atoms with Crippen LogP contribution in [0.5, 0.6) is 5.88 Å². The van der Waals surface area contributed by atoms with Gasteiger partial charge >= 0.3 is 0 Å². The van der Waals surface area contributed by atoms with Crippen molar-refractivity contribution in [2.75, 3.05) is 7.11 Å². The number of alkyl halides is 1. The van der Waals surface area contributed by atoms with Crippen molar-refractivity contribution in [3.63, 3.8) is 0 Å². The summed E-state index contributed by atoms with van der Waals surface area (Å²) in [6.07, 6.45) is 2.54. The second-order valence-corrected chi connectivity index (χ2v) is 5.33. The summed E-state index contributed by atoms with van der Waals surface area (Å²) in [5.74, 6) is 2.25. The molecule has 2 aromatic rings. The summed E-state index contributed by atoms with van der Waals surface area (Å²) < 4.78 is 7.32. The first-order chi connectivity index (χ1) is 9.08. The molecule has 0 aliphatic heterocycles. The molecule has 0 fully saturated rings. The number of hydrogen-bond acceptors (Lipinski definition) is 4. The molecule has 0 saturated carbocycles. The topological polar surface area (TPSA) is 52.8 Å². The molecule has 2 aromatic heterocycles. The lowest BCUT2D eigenvalue weighted by Gasteiger charge is -2.18. The van der Waals surface area contributed by atoms with E-state index in [2.05, 4.69) is 40.3 Å². The zero-order valence-corrected chi connectivity index (χ0v) is 12.5. The molecule has 1 atom stereocenters. The Kier molecular flexibility index (Phi) is 4.24. The summed E-state index contributed by atoms with van der Waals surface area (Å²) in [5.41, 5.74) is 1.46. The monoisotopic (exact) mass is 282 g/mol. The van der Waals surface area contributed by atoms with Crippen LogP contribution in [0.2, 0.25) is 0 Å². The molecule has 0 amide bonds. The molecule has 6 heteroatoms. The number of halogens is 1. The lowest BCUT2D eigenvalue weighted by atomic mass is 10.1. The highest BCUT2D eigenvalue weighted by Crippen LogP contribution is 2.28. The van der Waals surface area contributed by atoms with Crippen LogP contribution in [0.25, 0.3) is 11.2 Å². The summed E-state index contributed by atoms with van der Waals surface area (Å²) >= 11 is 6.01. The minimum atomic E-state index is 0.290. The predicted molar refractivity (Wildman–Crippen MR) is 75.6 cm³/mol. The van der Waals surface area contributed by atoms with E-state index >= 15 is 0 Å². The zero-order chi connectivity index (χ0) is 14.0. The van der Waals surface area contributed by atoms with Crippen LogP contribution >= 0.6 is 11.6 Å². The molecule has 0 N–H and O–H groups in total. The molecule has 104 valence electrons. The van der Waals surface area contributed by atoms with Crippen LogP contribution in [-0.2, 0) is 5.88 Å². The van der Waals surface area contributed by atoms with Gasteiger partial charge in [0.1, 0.15) is 12.2 Å². The molecule has 0 saturated heterocycles. The van der Waals surface area contributed by atoms with Gasteiger partial charge in [-0.15, -0.1) is 11.6 Å². The van der Waals surface area contributed by atoms with Crippen LogP contribution in [0, 0.1) is 5.92 Å². The maximum Gasteiger partial charge on any atom is 0.245 e. The predicted octanol–water partition coefficient (Wildman–Crippen LogP) is 3.18. The maximum atomic E-state index is 6.01. The molecule has 5 nitrogen and oxygen atoms in total. The third kappa shape index (κ3) is 2.66. The Labute approximate surface area is 118 Å². The lowest BCUT2D eigenvalue weighted by molar-refractivity contribution is 0.401. The molecule has 0 aromatic carbocycles. The number of ether oxygens (including phenoxy) is 1. The van der Waals surface area contributed by atoms with Crippen LogP contribution in [0.15, 0.2) is 6.33 Å². The molecule has 0 aliphatic carbocycles. The Morgan fingerprint density at radius 3 is 2.63 bits per heavy atom. The highest BCUT2D eigenvalue weighted by Gasteiger charge is 2.20. The van der Waals surface area contributed by atoms with E-state index in [9.17, 15) is 0 Å². The van der Waals surface area contributed by atoms with Gasteiger partial charge in [0.15, 0.2) is 11.2 Å². The van der Waals surface area contributed by atoms with Crippen molar-refractivity contribution in [2.45, 2.75) is 39.1 Å². The van der Waals surface area contributed by atoms with Crippen molar-refractivity contribution in [1.82, 2.24) is 19.5 Å². The van der Waals surface area contributed by atoms with E-state index in [1.165, 1.54) is 6.33 Å². The summed E-state index contributed by atoms with van der Waals surface area (Å²) in [6.45, 7) is 6.56. The van der Waals surface area contributed by atoms with Crippen molar-refractivity contribution >= 4 is 22.8 Å². The first kappa shape index (κ1) is 14.1. The van der Waals surface area contributed by atoms with E-state index < -0.39 is 0 Å². The maximum absolute atomic E-state index is 6.01. The third-order valence-electron chi connectivity index (χ3n) is 3.08. The molecular formula is C13H19ClN4O. The fraction of sp³-hybridized carbons (Fsp3) is 0.615. The molecule has 0 radical (unpaired) electrons. The molecule has 0 aliphatic rings. The number of hydrogen-bond donors (Lipinski definition) is 0. The van der Waals surface area contributed by atoms with E-state index in [1.807, 2.05) is 0 Å². The Morgan fingerprint density at radius 1 is 1.32 bits per heavy atom. The SMILES string of the molecule is COc1ncnc2c1nc(CCl)n2C(C)CC(C)C. The van der Waals surface area contributed by atoms with Crippen molar-refractivity contribution < 1.29 is 4.74 Å². The van der Waals surface area contributed by atoms with Crippen molar-refractivity contribution in [3.05, 3.63) is 12.2 Å². The van der Waals surface area contributed by atoms with Crippen LogP contribution in [0.1, 0.15) is 39.1 Å². The molecule has 2 rings (SSSR count). The molecule has 0 spiro atoms. The van der Waals surface area contributed by atoms with Crippen molar-refractivity contribution in [2.24, 2.45) is 5.92 Å². The van der Waals surface area contributed by atoms with Gasteiger partial charge in [0.2, 0.25) is 5.88 Å². The Hall–Kier alpha value is -1.36. The molecule has 19 heavy (non-hydrogen) atoms. The fourth-order valence-electron chi connectivity index (χ4n) is 2.43. The quantitative estimate of drug-likeness (QED) is 0.791. The molecule has 1 unspecified atom stereocenters. The van der Waals surface area contributed by atoms with E-state index in [1.54, 1.807) is 7.11 Å². The summed E-state index contributed by atoms with van der Waals surface area (Å²) in [6, 6.07) is 0.290. The van der Waals surface area contributed by atoms with Gasteiger partial charge in [-0.3, -0.25) is 0 Å². The molecular weight excluding hydrogens is 264 g/mol. The third-order valence-corrected chi connectivity index (χ3v) is 3.32. The fourth-order valence-corrected chi connectivity index (χ4v) is 2.62. The smallest absolute Gasteiger partial charge is 0.245 e. The van der Waals surface area contributed by atoms with Gasteiger partial charge in [-0.05, 0) is 19.3 Å². The first-order valence-electron chi connectivity index (χ1n) is 6.40. The van der Waals surface area contributed by atoms with Gasteiger partial charge in [-0.25, -0.2) is 9.97 Å². The van der Waals surface area contributed by atoms with Crippen LogP contribution in [-0.4, -0.2) is 26.6 Å². The normalized spacial score (nSPS) is 13.2. The van der Waals surface area contributed by atoms with Gasteiger partial charge < -0.3 is 9.30 Å². The molecule has 0 bridgehead atoms. The van der Waals surface area contributed by atoms with Gasteiger partial charge in [-0.1, -0.05) is 13.8 Å². The van der Waals surface area contributed by atoms with Gasteiger partial charge in [0.05, 0.1) is 13.0 Å². The van der Waals surface area contributed by atoms with Gasteiger partial charge in [0, 0.05) is 6.04 Å². The number of fused-ring (bicyclic) bond motifs is 1. The van der Waals surface area contributed by atoms with Gasteiger partial charge in [0.25, 0.3) is 0 Å². The number of methoxy groups -OCH3 is 1. The first-order valence-corrected chi connectivity index (χ1v) is 6.93. The second-order valence-electron chi connectivity index (χ2n) is 5.07. The highest BCUT2D eigenvalue weighted by atomic mass is 35.5. The number of aromatic nitrogens is 4. The molecule has 2 heterocycles. The number of rotatable bonds is 5. The van der Waals surface area contributed by atoms with Crippen molar-refractivity contribution in [1.29, 1.82) is 0 Å². The standard InChI is InChI=1S/C13H19ClN4O/c1-8(2)5-9(3)18-10(6-14)17-11-12(18)15-7-16-13(11)19-4/h7-9H,5-6H2,1-4H3. The zero-order valence-electron chi connectivity index (χ0n) is 11.7. The second kappa shape index (κ2) is 5.74. The van der Waals surface area contributed by atoms with E-state index in [0.717, 1.165) is 17.9 Å². The van der Waals surface area contributed by atoms with E-state index in [-0.39, 0.29) is 0 Å². The minimum Gasteiger partial charge on any atom is -0.479 e. The average molecular weight is 283 g/mol. The van der Waals surface area contributed by atoms with E-state index in [0.29, 0.717) is 29.2 Å². The minimum absolute atomic E-state index is 0.290. The van der Waals surface area contributed by atoms with Gasteiger partial charge in [-0.2, -0.15) is 4.98 Å². The number of nitrogens with zero attached hydrogens (tertiary/aromatic N) is 4. The Balaban J connectivity index is 2.58. The van der Waals surface area contributed by atoms with Crippen LogP contribution < -0.4 is 4.74 Å². The Morgan fingerprint density at radius 2 is 2.05 bits per heavy atom. The highest BCUT2D eigenvalue weighted by molar-refractivity contribution is 6.16. The van der Waals surface area contributed by atoms with Crippen LogP contribution in [0.3, 0.4) is 0 Å². The summed E-state index contributed by atoms with van der Waals surface area (Å²) in [4.78, 5) is 12.9. The summed E-state index contributed by atoms with van der Waals surface area (Å²) in [5, 5.41) is 0. The number of imidazole rings is 1.